The van der Waals surface area contributed by atoms with Crippen LogP contribution in [0.2, 0.25) is 0 Å². The molecule has 0 bridgehead atoms. The number of amides is 2. The summed E-state index contributed by atoms with van der Waals surface area (Å²) < 4.78 is 0. The molecule has 2 aromatic rings. The van der Waals surface area contributed by atoms with E-state index in [1.54, 1.807) is 19.2 Å². The first-order chi connectivity index (χ1) is 10.7. The largest absolute Gasteiger partial charge is 0.323 e. The van der Waals surface area contributed by atoms with Crippen LogP contribution in [-0.4, -0.2) is 40.5 Å². The number of carbonyl (C=O) groups is 1. The number of urea groups is 1. The van der Waals surface area contributed by atoms with Crippen LogP contribution in [0.15, 0.2) is 42.6 Å². The summed E-state index contributed by atoms with van der Waals surface area (Å²) in [6.45, 7) is 3.89. The van der Waals surface area contributed by atoms with Crippen molar-refractivity contribution in [1.82, 2.24) is 20.2 Å². The lowest BCUT2D eigenvalue weighted by atomic mass is 10.1. The van der Waals surface area contributed by atoms with Crippen LogP contribution in [0.5, 0.6) is 0 Å². The third-order valence-electron chi connectivity index (χ3n) is 3.68. The van der Waals surface area contributed by atoms with Gasteiger partial charge < -0.3 is 10.2 Å². The zero-order valence-corrected chi connectivity index (χ0v) is 12.5. The molecule has 22 heavy (non-hydrogen) atoms. The second kappa shape index (κ2) is 6.53. The van der Waals surface area contributed by atoms with Crippen molar-refractivity contribution >= 4 is 11.8 Å². The molecule has 2 amide bonds. The minimum atomic E-state index is -0.125. The summed E-state index contributed by atoms with van der Waals surface area (Å²) in [5, 5.41) is 6.28. The molecule has 6 heteroatoms. The molecule has 0 radical (unpaired) electrons. The van der Waals surface area contributed by atoms with E-state index in [1.807, 2.05) is 23.1 Å². The molecule has 1 aromatic carbocycles. The minimum Gasteiger partial charge on any atom is -0.321 e. The molecule has 1 saturated heterocycles. The number of nitrogens with zero attached hydrogens (tertiary/aromatic N) is 3. The Labute approximate surface area is 129 Å². The maximum atomic E-state index is 12.4. The van der Waals surface area contributed by atoms with Crippen molar-refractivity contribution in [2.24, 2.45) is 0 Å². The van der Waals surface area contributed by atoms with Gasteiger partial charge in [-0.05, 0) is 18.6 Å². The number of anilines is 1. The van der Waals surface area contributed by atoms with Crippen molar-refractivity contribution < 1.29 is 4.79 Å². The fourth-order valence-corrected chi connectivity index (χ4v) is 2.56. The van der Waals surface area contributed by atoms with Gasteiger partial charge >= 0.3 is 6.03 Å². The highest BCUT2D eigenvalue weighted by Gasteiger charge is 2.24. The van der Waals surface area contributed by atoms with Crippen LogP contribution >= 0.6 is 0 Å². The molecule has 6 nitrogen and oxygen atoms in total. The van der Waals surface area contributed by atoms with E-state index in [1.165, 1.54) is 5.56 Å². The van der Waals surface area contributed by atoms with Gasteiger partial charge in [0.2, 0.25) is 0 Å². The van der Waals surface area contributed by atoms with Crippen LogP contribution in [0.25, 0.3) is 0 Å². The Morgan fingerprint density at radius 2 is 2.14 bits per heavy atom. The van der Waals surface area contributed by atoms with E-state index in [0.29, 0.717) is 24.7 Å². The van der Waals surface area contributed by atoms with Crippen molar-refractivity contribution in [2.45, 2.75) is 13.0 Å². The number of aryl methyl sites for hydroxylation is 1. The first kappa shape index (κ1) is 14.5. The third-order valence-corrected chi connectivity index (χ3v) is 3.68. The lowest BCUT2D eigenvalue weighted by molar-refractivity contribution is 0.190. The minimum absolute atomic E-state index is 0.125. The van der Waals surface area contributed by atoms with E-state index in [2.05, 4.69) is 32.7 Å². The Morgan fingerprint density at radius 1 is 1.32 bits per heavy atom. The highest BCUT2D eigenvalue weighted by molar-refractivity contribution is 5.88. The number of hydrogen-bond donors (Lipinski definition) is 2. The van der Waals surface area contributed by atoms with Gasteiger partial charge in [0.15, 0.2) is 0 Å². The van der Waals surface area contributed by atoms with Crippen LogP contribution in [0.3, 0.4) is 0 Å². The van der Waals surface area contributed by atoms with Crippen molar-refractivity contribution in [3.05, 3.63) is 54.0 Å². The van der Waals surface area contributed by atoms with E-state index in [9.17, 15) is 4.79 Å². The van der Waals surface area contributed by atoms with Crippen LogP contribution in [0.1, 0.15) is 17.4 Å². The van der Waals surface area contributed by atoms with Crippen molar-refractivity contribution in [3.63, 3.8) is 0 Å². The Hall–Kier alpha value is -2.47. The van der Waals surface area contributed by atoms with Crippen molar-refractivity contribution in [3.8, 4) is 0 Å². The number of hydrogen-bond acceptors (Lipinski definition) is 4. The first-order valence-electron chi connectivity index (χ1n) is 7.36. The van der Waals surface area contributed by atoms with E-state index in [4.69, 9.17) is 0 Å². The zero-order valence-electron chi connectivity index (χ0n) is 12.5. The number of carbonyl (C=O) groups excluding carboxylic acids is 1. The van der Waals surface area contributed by atoms with Gasteiger partial charge in [-0.1, -0.05) is 30.3 Å². The SMILES string of the molecule is Cc1nccc(NC(=O)N2CCNC(c3ccccc3)C2)n1. The van der Waals surface area contributed by atoms with Crippen LogP contribution in [0.4, 0.5) is 10.6 Å². The van der Waals surface area contributed by atoms with Gasteiger partial charge in [-0.2, -0.15) is 0 Å². The molecule has 1 fully saturated rings. The van der Waals surface area contributed by atoms with Gasteiger partial charge in [-0.15, -0.1) is 0 Å². The van der Waals surface area contributed by atoms with Crippen LogP contribution < -0.4 is 10.6 Å². The number of nitrogens with one attached hydrogen (secondary N) is 2. The van der Waals surface area contributed by atoms with E-state index >= 15 is 0 Å². The van der Waals surface area contributed by atoms with E-state index in [0.717, 1.165) is 6.54 Å². The Kier molecular flexibility index (Phi) is 4.29. The molecule has 3 rings (SSSR count). The number of rotatable bonds is 2. The Bertz CT molecular complexity index is 646. The quantitative estimate of drug-likeness (QED) is 0.889. The predicted octanol–water partition coefficient (Wildman–Crippen LogP) is 1.96. The smallest absolute Gasteiger partial charge is 0.321 e. The third kappa shape index (κ3) is 3.40. The molecule has 1 aliphatic rings. The average Bonchev–Trinajstić information content (AvgIpc) is 2.56. The topological polar surface area (TPSA) is 70.2 Å². The van der Waals surface area contributed by atoms with Gasteiger partial charge in [0.25, 0.3) is 0 Å². The molecule has 0 spiro atoms. The van der Waals surface area contributed by atoms with Gasteiger partial charge in [0.1, 0.15) is 11.6 Å². The number of piperazine rings is 1. The summed E-state index contributed by atoms with van der Waals surface area (Å²) in [7, 11) is 0. The summed E-state index contributed by atoms with van der Waals surface area (Å²) in [5.41, 5.74) is 1.19. The highest BCUT2D eigenvalue weighted by Crippen LogP contribution is 2.17. The summed E-state index contributed by atoms with van der Waals surface area (Å²) in [6, 6.07) is 11.9. The summed E-state index contributed by atoms with van der Waals surface area (Å²) in [6.07, 6.45) is 1.64. The van der Waals surface area contributed by atoms with Gasteiger partial charge in [-0.25, -0.2) is 14.8 Å². The van der Waals surface area contributed by atoms with Gasteiger partial charge in [0.05, 0.1) is 6.04 Å². The first-order valence-corrected chi connectivity index (χ1v) is 7.36. The maximum absolute atomic E-state index is 12.4. The lowest BCUT2D eigenvalue weighted by Crippen LogP contribution is -2.49. The van der Waals surface area contributed by atoms with Gasteiger partial charge in [0, 0.05) is 25.8 Å². The predicted molar refractivity (Wildman–Crippen MR) is 84.5 cm³/mol. The normalized spacial score (nSPS) is 18.0. The second-order valence-electron chi connectivity index (χ2n) is 5.28. The fraction of sp³-hybridized carbons (Fsp3) is 0.312. The maximum Gasteiger partial charge on any atom is 0.323 e. The fourth-order valence-electron chi connectivity index (χ4n) is 2.56. The molecule has 114 valence electrons. The molecule has 0 aliphatic carbocycles. The van der Waals surface area contributed by atoms with Crippen molar-refractivity contribution in [1.29, 1.82) is 0 Å². The Morgan fingerprint density at radius 3 is 2.91 bits per heavy atom. The molecule has 2 heterocycles. The summed E-state index contributed by atoms with van der Waals surface area (Å²) in [4.78, 5) is 22.4. The van der Waals surface area contributed by atoms with Gasteiger partial charge in [-0.3, -0.25) is 5.32 Å². The van der Waals surface area contributed by atoms with Crippen LogP contribution in [-0.2, 0) is 0 Å². The lowest BCUT2D eigenvalue weighted by Gasteiger charge is -2.33. The Balaban J connectivity index is 1.65. The molecular weight excluding hydrogens is 278 g/mol. The van der Waals surface area contributed by atoms with Crippen molar-refractivity contribution in [2.75, 3.05) is 25.0 Å². The molecular formula is C16H19N5O. The monoisotopic (exact) mass is 297 g/mol. The second-order valence-corrected chi connectivity index (χ2v) is 5.28. The number of benzene rings is 1. The molecule has 1 atom stereocenters. The molecule has 2 N–H and O–H groups in total. The number of aromatic nitrogens is 2. The molecule has 1 aliphatic heterocycles. The molecule has 1 aromatic heterocycles. The van der Waals surface area contributed by atoms with E-state index in [-0.39, 0.29) is 12.1 Å². The standard InChI is InChI=1S/C16H19N5O/c1-12-17-8-7-15(19-12)20-16(22)21-10-9-18-14(11-21)13-5-3-2-4-6-13/h2-8,14,18H,9-11H2,1H3,(H,17,19,20,22). The molecule has 0 saturated carbocycles. The van der Waals surface area contributed by atoms with Crippen LogP contribution in [0, 0.1) is 6.92 Å². The van der Waals surface area contributed by atoms with E-state index < -0.39 is 0 Å². The zero-order chi connectivity index (χ0) is 15.4. The summed E-state index contributed by atoms with van der Waals surface area (Å²) in [5.74, 6) is 1.17. The average molecular weight is 297 g/mol. The summed E-state index contributed by atoms with van der Waals surface area (Å²) >= 11 is 0. The highest BCUT2D eigenvalue weighted by atomic mass is 16.2. The molecule has 1 unspecified atom stereocenters.